The van der Waals surface area contributed by atoms with Gasteiger partial charge in [0.1, 0.15) is 5.82 Å². The Bertz CT molecular complexity index is 544. The molecule has 0 saturated carbocycles. The lowest BCUT2D eigenvalue weighted by atomic mass is 10.1. The summed E-state index contributed by atoms with van der Waals surface area (Å²) in [4.78, 5) is 4.05. The number of amidine groups is 1. The molecule has 0 aliphatic rings. The van der Waals surface area contributed by atoms with Gasteiger partial charge in [0, 0.05) is 32.3 Å². The average molecular weight is 287 g/mol. The lowest BCUT2D eigenvalue weighted by Crippen LogP contribution is -2.38. The molecule has 0 radical (unpaired) electrons. The number of hydrogen-bond donors (Lipinski definition) is 2. The van der Waals surface area contributed by atoms with Crippen LogP contribution in [0, 0.1) is 18.3 Å². The van der Waals surface area contributed by atoms with E-state index in [-0.39, 0.29) is 23.3 Å². The summed E-state index contributed by atoms with van der Waals surface area (Å²) in [6.07, 6.45) is 1.49. The second-order valence-electron chi connectivity index (χ2n) is 4.55. The van der Waals surface area contributed by atoms with E-state index >= 15 is 0 Å². The van der Waals surface area contributed by atoms with Crippen LogP contribution in [0.15, 0.2) is 11.2 Å². The zero-order valence-electron chi connectivity index (χ0n) is 11.7. The summed E-state index contributed by atoms with van der Waals surface area (Å²) in [5, 5.41) is 7.39. The van der Waals surface area contributed by atoms with E-state index in [4.69, 9.17) is 11.1 Å². The number of rotatable bonds is 6. The monoisotopic (exact) mass is 287 g/mol. The third-order valence-electron chi connectivity index (χ3n) is 3.05. The predicted molar refractivity (Wildman–Crippen MR) is 73.5 cm³/mol. The molecule has 0 bridgehead atoms. The number of aryl methyl sites for hydroxylation is 2. The van der Waals surface area contributed by atoms with E-state index in [1.165, 1.54) is 10.5 Å². The van der Waals surface area contributed by atoms with E-state index in [0.29, 0.717) is 12.4 Å². The molecule has 3 N–H and O–H groups in total. The van der Waals surface area contributed by atoms with Gasteiger partial charge in [0.05, 0.1) is 5.84 Å². The fraction of sp³-hybridized carbons (Fsp3) is 0.636. The van der Waals surface area contributed by atoms with Crippen LogP contribution in [0.5, 0.6) is 0 Å². The van der Waals surface area contributed by atoms with Gasteiger partial charge in [-0.25, -0.2) is 13.4 Å². The molecule has 1 rings (SSSR count). The van der Waals surface area contributed by atoms with Crippen LogP contribution in [0.4, 0.5) is 0 Å². The van der Waals surface area contributed by atoms with E-state index in [2.05, 4.69) is 4.98 Å². The van der Waals surface area contributed by atoms with Crippen LogP contribution in [0.2, 0.25) is 0 Å². The fourth-order valence-corrected chi connectivity index (χ4v) is 3.15. The second-order valence-corrected chi connectivity index (χ2v) is 6.43. The Morgan fingerprint density at radius 2 is 2.21 bits per heavy atom. The van der Waals surface area contributed by atoms with E-state index in [9.17, 15) is 8.42 Å². The molecule has 0 saturated heterocycles. The number of imidazole rings is 1. The zero-order chi connectivity index (χ0) is 14.8. The molecular weight excluding hydrogens is 266 g/mol. The van der Waals surface area contributed by atoms with Crippen LogP contribution in [0.1, 0.15) is 19.7 Å². The van der Waals surface area contributed by atoms with Crippen molar-refractivity contribution in [2.24, 2.45) is 18.7 Å². The van der Waals surface area contributed by atoms with Crippen LogP contribution in [-0.2, 0) is 17.1 Å². The minimum atomic E-state index is -3.63. The highest BCUT2D eigenvalue weighted by atomic mass is 32.2. The van der Waals surface area contributed by atoms with Crippen molar-refractivity contribution in [3.63, 3.8) is 0 Å². The van der Waals surface area contributed by atoms with Gasteiger partial charge in [0.15, 0.2) is 5.03 Å². The first-order valence-corrected chi connectivity index (χ1v) is 7.48. The van der Waals surface area contributed by atoms with Gasteiger partial charge in [0.2, 0.25) is 0 Å². The maximum absolute atomic E-state index is 12.4. The Morgan fingerprint density at radius 3 is 2.58 bits per heavy atom. The molecule has 0 aromatic carbocycles. The Balaban J connectivity index is 3.05. The van der Waals surface area contributed by atoms with Crippen molar-refractivity contribution in [3.05, 3.63) is 12.0 Å². The number of nitrogens with one attached hydrogen (secondary N) is 1. The number of nitrogens with zero attached hydrogens (tertiary/aromatic N) is 3. The number of nitrogens with two attached hydrogens (primary N) is 1. The number of sulfonamides is 1. The molecule has 0 fully saturated rings. The Morgan fingerprint density at radius 1 is 1.63 bits per heavy atom. The summed E-state index contributed by atoms with van der Waals surface area (Å²) in [5.74, 6) is 0.291. The van der Waals surface area contributed by atoms with Gasteiger partial charge in [0.25, 0.3) is 10.0 Å². The summed E-state index contributed by atoms with van der Waals surface area (Å²) in [6, 6.07) is 0. The van der Waals surface area contributed by atoms with Crippen molar-refractivity contribution in [1.29, 1.82) is 5.41 Å². The van der Waals surface area contributed by atoms with E-state index in [0.717, 1.165) is 0 Å². The molecule has 8 heteroatoms. The van der Waals surface area contributed by atoms with E-state index < -0.39 is 10.0 Å². The maximum Gasteiger partial charge on any atom is 0.262 e. The first kappa shape index (κ1) is 15.6. The molecule has 0 aliphatic carbocycles. The van der Waals surface area contributed by atoms with Gasteiger partial charge >= 0.3 is 0 Å². The Hall–Kier alpha value is -1.41. The van der Waals surface area contributed by atoms with Crippen molar-refractivity contribution < 1.29 is 8.42 Å². The van der Waals surface area contributed by atoms with Crippen LogP contribution < -0.4 is 5.73 Å². The highest BCUT2D eigenvalue weighted by molar-refractivity contribution is 7.89. The van der Waals surface area contributed by atoms with Crippen LogP contribution >= 0.6 is 0 Å². The number of hydrogen-bond acceptors (Lipinski definition) is 4. The predicted octanol–water partition coefficient (Wildman–Crippen LogP) is 0.311. The first-order valence-electron chi connectivity index (χ1n) is 6.04. The molecule has 19 heavy (non-hydrogen) atoms. The summed E-state index contributed by atoms with van der Waals surface area (Å²) < 4.78 is 27.8. The minimum absolute atomic E-state index is 0.0224. The molecule has 0 spiro atoms. The molecule has 1 aromatic rings. The highest BCUT2D eigenvalue weighted by Gasteiger charge is 2.27. The van der Waals surface area contributed by atoms with Gasteiger partial charge in [-0.1, -0.05) is 13.8 Å². The molecule has 1 heterocycles. The van der Waals surface area contributed by atoms with Crippen molar-refractivity contribution >= 4 is 15.9 Å². The maximum atomic E-state index is 12.4. The smallest absolute Gasteiger partial charge is 0.262 e. The van der Waals surface area contributed by atoms with Crippen molar-refractivity contribution in [2.75, 3.05) is 13.1 Å². The normalized spacial score (nSPS) is 13.7. The Kier molecular flexibility index (Phi) is 4.70. The summed E-state index contributed by atoms with van der Waals surface area (Å²) >= 11 is 0. The fourth-order valence-electron chi connectivity index (χ4n) is 1.58. The van der Waals surface area contributed by atoms with E-state index in [1.807, 2.05) is 0 Å². The van der Waals surface area contributed by atoms with E-state index in [1.54, 1.807) is 32.4 Å². The Labute approximate surface area is 114 Å². The molecule has 1 atom stereocenters. The van der Waals surface area contributed by atoms with Crippen molar-refractivity contribution in [3.8, 4) is 0 Å². The average Bonchev–Trinajstić information content (AvgIpc) is 2.66. The lowest BCUT2D eigenvalue weighted by Gasteiger charge is -2.22. The largest absolute Gasteiger partial charge is 0.387 e. The first-order chi connectivity index (χ1) is 8.70. The molecule has 0 aliphatic heterocycles. The number of aromatic nitrogens is 2. The van der Waals surface area contributed by atoms with Gasteiger partial charge < -0.3 is 10.3 Å². The minimum Gasteiger partial charge on any atom is -0.387 e. The summed E-state index contributed by atoms with van der Waals surface area (Å²) in [6.45, 7) is 5.72. The second kappa shape index (κ2) is 5.70. The molecular formula is C11H21N5O2S. The summed E-state index contributed by atoms with van der Waals surface area (Å²) in [5.41, 5.74) is 5.39. The molecule has 1 unspecified atom stereocenters. The van der Waals surface area contributed by atoms with Crippen molar-refractivity contribution in [1.82, 2.24) is 13.9 Å². The lowest BCUT2D eigenvalue weighted by molar-refractivity contribution is 0.402. The van der Waals surface area contributed by atoms with Gasteiger partial charge in [-0.15, -0.1) is 0 Å². The van der Waals surface area contributed by atoms with Crippen molar-refractivity contribution in [2.45, 2.75) is 25.8 Å². The zero-order valence-corrected chi connectivity index (χ0v) is 12.5. The topological polar surface area (TPSA) is 105 Å². The van der Waals surface area contributed by atoms with Crippen LogP contribution in [-0.4, -0.2) is 41.2 Å². The standard InChI is InChI=1S/C11H21N5O2S/c1-5-16(6-8(2)11(12)13)19(17,18)10-7-15(4)9(3)14-10/h7-8H,5-6H2,1-4H3,(H3,12,13). The van der Waals surface area contributed by atoms with Gasteiger partial charge in [-0.05, 0) is 6.92 Å². The molecule has 1 aromatic heterocycles. The van der Waals surface area contributed by atoms with Gasteiger partial charge in [-0.2, -0.15) is 4.31 Å². The SMILES string of the molecule is CCN(CC(C)C(=N)N)S(=O)(=O)c1cn(C)c(C)n1. The molecule has 0 amide bonds. The molecule has 7 nitrogen and oxygen atoms in total. The van der Waals surface area contributed by atoms with Crippen LogP contribution in [0.25, 0.3) is 0 Å². The van der Waals surface area contributed by atoms with Crippen LogP contribution in [0.3, 0.4) is 0 Å². The quantitative estimate of drug-likeness (QED) is 0.580. The highest BCUT2D eigenvalue weighted by Crippen LogP contribution is 2.16. The third kappa shape index (κ3) is 3.32. The van der Waals surface area contributed by atoms with Gasteiger partial charge in [-0.3, -0.25) is 5.41 Å². The summed E-state index contributed by atoms with van der Waals surface area (Å²) in [7, 11) is -1.89. The molecule has 108 valence electrons. The third-order valence-corrected chi connectivity index (χ3v) is 4.86.